The third kappa shape index (κ3) is 6.63. The molecule has 3 atom stereocenters. The Balaban J connectivity index is 1.35. The van der Waals surface area contributed by atoms with Crippen molar-refractivity contribution >= 4 is 5.71 Å². The third-order valence-corrected chi connectivity index (χ3v) is 6.62. The van der Waals surface area contributed by atoms with Crippen molar-refractivity contribution in [3.05, 3.63) is 101 Å². The molecule has 0 fully saturated rings. The summed E-state index contributed by atoms with van der Waals surface area (Å²) in [4.78, 5) is 6.15. The molecule has 1 aliphatic heterocycles. The van der Waals surface area contributed by atoms with E-state index in [4.69, 9.17) is 4.74 Å². The molecule has 1 aromatic carbocycles. The van der Waals surface area contributed by atoms with Crippen LogP contribution in [0.5, 0.6) is 0 Å². The number of rotatable bonds is 11. The third-order valence-electron chi connectivity index (χ3n) is 6.62. The van der Waals surface area contributed by atoms with Gasteiger partial charge < -0.3 is 4.74 Å². The first-order chi connectivity index (χ1) is 18.0. The Morgan fingerprint density at radius 1 is 1.30 bits per heavy atom. The quantitative estimate of drug-likeness (QED) is 0.267. The maximum Gasteiger partial charge on any atom is 0.182 e. The monoisotopic (exact) mass is 505 g/mol. The summed E-state index contributed by atoms with van der Waals surface area (Å²) >= 11 is 0. The summed E-state index contributed by atoms with van der Waals surface area (Å²) in [6, 6.07) is 3.82. The molecule has 3 unspecified atom stereocenters. The molecule has 0 N–H and O–H groups in total. The van der Waals surface area contributed by atoms with E-state index in [-0.39, 0.29) is 23.4 Å². The summed E-state index contributed by atoms with van der Waals surface area (Å²) in [5, 5.41) is 12.6. The van der Waals surface area contributed by atoms with Crippen LogP contribution in [0.2, 0.25) is 0 Å². The Bertz CT molecular complexity index is 1240. The van der Waals surface area contributed by atoms with E-state index in [0.717, 1.165) is 18.4 Å². The lowest BCUT2D eigenvalue weighted by atomic mass is 9.89. The highest BCUT2D eigenvalue weighted by molar-refractivity contribution is 6.02. The molecule has 194 valence electrons. The van der Waals surface area contributed by atoms with Crippen molar-refractivity contribution in [1.82, 2.24) is 20.2 Å². The van der Waals surface area contributed by atoms with Crippen LogP contribution < -0.4 is 0 Å². The number of nitrogens with zero attached hydrogens (tertiary/aromatic N) is 5. The van der Waals surface area contributed by atoms with E-state index in [2.05, 4.69) is 64.3 Å². The molecule has 2 aliphatic rings. The van der Waals surface area contributed by atoms with Gasteiger partial charge in [-0.2, -0.15) is 0 Å². The van der Waals surface area contributed by atoms with Crippen LogP contribution in [-0.4, -0.2) is 38.6 Å². The first-order valence-corrected chi connectivity index (χ1v) is 12.7. The number of hydrogen-bond donors (Lipinski definition) is 0. The van der Waals surface area contributed by atoms with Gasteiger partial charge in [-0.05, 0) is 67.0 Å². The zero-order valence-corrected chi connectivity index (χ0v) is 21.4. The molecule has 8 heteroatoms. The fourth-order valence-electron chi connectivity index (χ4n) is 4.61. The van der Waals surface area contributed by atoms with Crippen LogP contribution in [0.3, 0.4) is 0 Å². The highest BCUT2D eigenvalue weighted by Gasteiger charge is 2.25. The summed E-state index contributed by atoms with van der Waals surface area (Å²) in [7, 11) is 0. The average Bonchev–Trinajstić information content (AvgIpc) is 3.57. The van der Waals surface area contributed by atoms with Crippen LogP contribution >= 0.6 is 0 Å². The molecular weight excluding hydrogens is 472 g/mol. The summed E-state index contributed by atoms with van der Waals surface area (Å²) in [5.41, 5.74) is 2.81. The topological polar surface area (TPSA) is 65.2 Å². The van der Waals surface area contributed by atoms with Gasteiger partial charge in [0.15, 0.2) is 12.6 Å². The van der Waals surface area contributed by atoms with Crippen molar-refractivity contribution < 1.29 is 13.5 Å². The van der Waals surface area contributed by atoms with Crippen LogP contribution in [0, 0.1) is 17.6 Å². The number of halogens is 2. The first kappa shape index (κ1) is 26.5. The van der Waals surface area contributed by atoms with Gasteiger partial charge in [0, 0.05) is 18.2 Å². The molecule has 0 amide bonds. The van der Waals surface area contributed by atoms with Crippen molar-refractivity contribution in [2.24, 2.45) is 10.9 Å². The lowest BCUT2D eigenvalue weighted by molar-refractivity contribution is 0.0677. The van der Waals surface area contributed by atoms with Crippen molar-refractivity contribution in [1.29, 1.82) is 0 Å². The highest BCUT2D eigenvalue weighted by Crippen LogP contribution is 2.30. The van der Waals surface area contributed by atoms with Crippen LogP contribution in [-0.2, 0) is 11.5 Å². The number of hydrogen-bond acceptors (Lipinski definition) is 5. The maximum absolute atomic E-state index is 14.2. The highest BCUT2D eigenvalue weighted by atomic mass is 19.1. The number of ether oxygens (including phenoxy) is 1. The Kier molecular flexibility index (Phi) is 9.06. The largest absolute Gasteiger partial charge is 0.358 e. The van der Waals surface area contributed by atoms with Gasteiger partial charge in [-0.3, -0.25) is 4.99 Å². The minimum absolute atomic E-state index is 0.00603. The van der Waals surface area contributed by atoms with Crippen LogP contribution in [0.1, 0.15) is 56.8 Å². The fraction of sp³-hybridized carbons (Fsp3) is 0.379. The SMILES string of the molecule is C=C/C=C(\C/C=C\C(C)C1=CCC(c2nnn(COCC)n2)C=C1)C1CCC(c2c(F)cccc2F)=N1. The Hall–Kier alpha value is -3.52. The van der Waals surface area contributed by atoms with Crippen molar-refractivity contribution in [2.45, 2.75) is 58.2 Å². The zero-order chi connectivity index (χ0) is 26.2. The van der Waals surface area contributed by atoms with Gasteiger partial charge in [-0.1, -0.05) is 62.1 Å². The Morgan fingerprint density at radius 3 is 2.81 bits per heavy atom. The van der Waals surface area contributed by atoms with Crippen molar-refractivity contribution in [2.75, 3.05) is 6.61 Å². The minimum Gasteiger partial charge on any atom is -0.358 e. The molecule has 1 aromatic heterocycles. The molecule has 37 heavy (non-hydrogen) atoms. The summed E-state index contributed by atoms with van der Waals surface area (Å²) in [5.74, 6) is -0.0980. The standard InChI is InChI=1S/C29H33F2N5O/c1-4-8-22(26-17-18-27(32-26)28-24(30)11-7-12-25(28)31)10-6-9-20(3)21-13-15-23(16-14-21)29-33-35-36(34-29)19-37-5-2/h4,6-9,11-15,20,23,26H,1,5,10,16-19H2,2-3H3/b9-6-,22-8+. The normalized spacial score (nSPS) is 20.8. The predicted molar refractivity (Wildman–Crippen MR) is 141 cm³/mol. The molecule has 2 heterocycles. The van der Waals surface area contributed by atoms with E-state index in [9.17, 15) is 8.78 Å². The fourth-order valence-corrected chi connectivity index (χ4v) is 4.61. The zero-order valence-electron chi connectivity index (χ0n) is 21.4. The minimum atomic E-state index is -0.565. The second kappa shape index (κ2) is 12.6. The van der Waals surface area contributed by atoms with Gasteiger partial charge in [0.1, 0.15) is 11.6 Å². The second-order valence-electron chi connectivity index (χ2n) is 9.17. The van der Waals surface area contributed by atoms with Gasteiger partial charge >= 0.3 is 0 Å². The summed E-state index contributed by atoms with van der Waals surface area (Å²) in [6.07, 6.45) is 17.3. The summed E-state index contributed by atoms with van der Waals surface area (Å²) < 4.78 is 33.8. The smallest absolute Gasteiger partial charge is 0.182 e. The lowest BCUT2D eigenvalue weighted by Gasteiger charge is -2.16. The van der Waals surface area contributed by atoms with Gasteiger partial charge in [0.25, 0.3) is 0 Å². The van der Waals surface area contributed by atoms with E-state index < -0.39 is 11.6 Å². The van der Waals surface area contributed by atoms with Crippen LogP contribution in [0.4, 0.5) is 8.78 Å². The van der Waals surface area contributed by atoms with Gasteiger partial charge in [0.05, 0.1) is 11.6 Å². The molecule has 0 saturated carbocycles. The number of tetrazole rings is 1. The van der Waals surface area contributed by atoms with Crippen LogP contribution in [0.15, 0.2) is 83.4 Å². The van der Waals surface area contributed by atoms with E-state index in [0.29, 0.717) is 37.7 Å². The Labute approximate surface area is 216 Å². The summed E-state index contributed by atoms with van der Waals surface area (Å²) in [6.45, 7) is 8.82. The van der Waals surface area contributed by atoms with E-state index in [1.54, 1.807) is 6.08 Å². The number of allylic oxidation sites excluding steroid dienone is 8. The maximum atomic E-state index is 14.2. The van der Waals surface area contributed by atoms with E-state index >= 15 is 0 Å². The molecule has 0 spiro atoms. The lowest BCUT2D eigenvalue weighted by Crippen LogP contribution is -2.08. The molecule has 2 aromatic rings. The van der Waals surface area contributed by atoms with Gasteiger partial charge in [0.2, 0.25) is 0 Å². The number of aliphatic imine (C=N–C) groups is 1. The van der Waals surface area contributed by atoms with Gasteiger partial charge in [-0.15, -0.1) is 15.0 Å². The van der Waals surface area contributed by atoms with Gasteiger partial charge in [-0.25, -0.2) is 8.78 Å². The number of aromatic nitrogens is 4. The second-order valence-corrected chi connectivity index (χ2v) is 9.17. The molecular formula is C29H33F2N5O. The molecule has 0 radical (unpaired) electrons. The first-order valence-electron chi connectivity index (χ1n) is 12.7. The van der Waals surface area contributed by atoms with Crippen molar-refractivity contribution in [3.8, 4) is 0 Å². The molecule has 0 saturated heterocycles. The molecule has 1 aliphatic carbocycles. The molecule has 6 nitrogen and oxygen atoms in total. The predicted octanol–water partition coefficient (Wildman–Crippen LogP) is 6.26. The molecule has 4 rings (SSSR count). The molecule has 0 bridgehead atoms. The van der Waals surface area contributed by atoms with Crippen molar-refractivity contribution in [3.63, 3.8) is 0 Å². The Morgan fingerprint density at radius 2 is 2.11 bits per heavy atom. The van der Waals surface area contributed by atoms with E-state index in [1.807, 2.05) is 13.0 Å². The van der Waals surface area contributed by atoms with Crippen LogP contribution in [0.25, 0.3) is 0 Å². The number of benzene rings is 1. The van der Waals surface area contributed by atoms with E-state index in [1.165, 1.54) is 28.6 Å². The average molecular weight is 506 g/mol.